The summed E-state index contributed by atoms with van der Waals surface area (Å²) in [5.41, 5.74) is 1.96. The number of hydrogen-bond donors (Lipinski definition) is 2. The summed E-state index contributed by atoms with van der Waals surface area (Å²) < 4.78 is 86.5. The number of carbonyl (C=O) groups excluding carboxylic acids is 1. The summed E-state index contributed by atoms with van der Waals surface area (Å²) in [6.07, 6.45) is 0.300. The Morgan fingerprint density at radius 3 is 2.23 bits per heavy atom. The summed E-state index contributed by atoms with van der Waals surface area (Å²) >= 11 is 0. The number of allylic oxidation sites excluding steroid dienone is 3. The third-order valence-corrected chi connectivity index (χ3v) is 7.00. The molecule has 3 N–H and O–H groups in total. The van der Waals surface area contributed by atoms with Crippen LogP contribution in [0.25, 0.3) is 0 Å². The predicted octanol–water partition coefficient (Wildman–Crippen LogP) is 6.57. The van der Waals surface area contributed by atoms with Gasteiger partial charge in [-0.3, -0.25) is 9.69 Å². The van der Waals surface area contributed by atoms with E-state index in [2.05, 4.69) is 11.9 Å². The maximum atomic E-state index is 13.4. The maximum Gasteiger partial charge on any atom is 0.416 e. The van der Waals surface area contributed by atoms with Crippen molar-refractivity contribution in [2.45, 2.75) is 76.0 Å². The first-order valence-electron chi connectivity index (χ1n) is 13.2. The van der Waals surface area contributed by atoms with Gasteiger partial charge in [-0.25, -0.2) is 0 Å². The minimum Gasteiger partial charge on any atom is -0.372 e. The third kappa shape index (κ3) is 10.1. The van der Waals surface area contributed by atoms with Crippen molar-refractivity contribution in [2.75, 3.05) is 26.7 Å². The molecule has 1 aromatic rings. The van der Waals surface area contributed by atoms with Gasteiger partial charge in [-0.1, -0.05) is 30.9 Å². The molecular formula is C29H39F6N3O2. The van der Waals surface area contributed by atoms with E-state index >= 15 is 0 Å². The standard InChI is InChI=1S/C29H39F6N3O2/c1-5-6-7-10-20(2)27(38(4)18-26(36)39,13-8-9-14-37-25-11-12-25)19-40-21(3)22-15-23(28(30,31)32)17-24(16-22)29(33,34)35/h5-7,10,15-17,21,25,37H,2,8-9,11-14,18-19H2,1,3-4H3,(H2,36,39)/b6-5-,10-7-/t21-,27-/m1/s1. The van der Waals surface area contributed by atoms with Gasteiger partial charge in [0.2, 0.25) is 5.91 Å². The average Bonchev–Trinajstić information content (AvgIpc) is 3.68. The number of nitrogens with two attached hydrogens (primary N) is 1. The molecule has 0 unspecified atom stereocenters. The van der Waals surface area contributed by atoms with E-state index in [9.17, 15) is 31.1 Å². The Balaban J connectivity index is 2.39. The number of ether oxygens (including phenoxy) is 1. The van der Waals surface area contributed by atoms with Gasteiger partial charge < -0.3 is 15.8 Å². The van der Waals surface area contributed by atoms with E-state index in [0.717, 1.165) is 25.8 Å². The summed E-state index contributed by atoms with van der Waals surface area (Å²) in [4.78, 5) is 13.6. The SMILES string of the molecule is C=C(/C=C\C=C/C)[C@@](CCCCNC1CC1)(CO[C@H](C)c1cc(C(F)(F)F)cc(C(F)(F)F)c1)N(C)CC(N)=O. The van der Waals surface area contributed by atoms with Gasteiger partial charge >= 0.3 is 12.4 Å². The Morgan fingerprint density at radius 1 is 1.12 bits per heavy atom. The van der Waals surface area contributed by atoms with Crippen molar-refractivity contribution in [3.8, 4) is 0 Å². The van der Waals surface area contributed by atoms with Crippen LogP contribution >= 0.6 is 0 Å². The molecule has 0 spiro atoms. The highest BCUT2D eigenvalue weighted by atomic mass is 19.4. The second-order valence-corrected chi connectivity index (χ2v) is 10.2. The summed E-state index contributed by atoms with van der Waals surface area (Å²) in [6.45, 7) is 7.92. The average molecular weight is 576 g/mol. The lowest BCUT2D eigenvalue weighted by Gasteiger charge is -2.43. The highest BCUT2D eigenvalue weighted by Gasteiger charge is 2.40. The highest BCUT2D eigenvalue weighted by molar-refractivity contribution is 5.76. The number of benzene rings is 1. The van der Waals surface area contributed by atoms with Gasteiger partial charge in [0, 0.05) is 6.04 Å². The van der Waals surface area contributed by atoms with Gasteiger partial charge in [-0.2, -0.15) is 26.3 Å². The largest absolute Gasteiger partial charge is 0.416 e. The Morgan fingerprint density at radius 2 is 1.73 bits per heavy atom. The van der Waals surface area contributed by atoms with Gasteiger partial charge in [0.25, 0.3) is 0 Å². The fourth-order valence-electron chi connectivity index (χ4n) is 4.40. The van der Waals surface area contributed by atoms with Crippen LogP contribution in [0.1, 0.15) is 68.7 Å². The van der Waals surface area contributed by atoms with Crippen LogP contribution in [0.15, 0.2) is 54.7 Å². The Hall–Kier alpha value is -2.63. The third-order valence-electron chi connectivity index (χ3n) is 7.00. The number of primary amides is 1. The number of carbonyl (C=O) groups is 1. The smallest absolute Gasteiger partial charge is 0.372 e. The maximum absolute atomic E-state index is 13.4. The van der Waals surface area contributed by atoms with Crippen LogP contribution in [0.5, 0.6) is 0 Å². The molecule has 2 atom stereocenters. The Labute approximate surface area is 232 Å². The number of alkyl halides is 6. The van der Waals surface area contributed by atoms with E-state index in [4.69, 9.17) is 10.5 Å². The van der Waals surface area contributed by atoms with Crippen molar-refractivity contribution < 1.29 is 35.9 Å². The van der Waals surface area contributed by atoms with E-state index in [-0.39, 0.29) is 24.8 Å². The van der Waals surface area contributed by atoms with Crippen molar-refractivity contribution in [3.05, 3.63) is 71.3 Å². The van der Waals surface area contributed by atoms with Crippen LogP contribution in [0.4, 0.5) is 26.3 Å². The molecule has 1 aliphatic rings. The summed E-state index contributed by atoms with van der Waals surface area (Å²) in [6, 6.07) is 1.96. The summed E-state index contributed by atoms with van der Waals surface area (Å²) in [7, 11) is 1.67. The fourth-order valence-corrected chi connectivity index (χ4v) is 4.40. The molecule has 0 aliphatic heterocycles. The number of unbranched alkanes of at least 4 members (excludes halogenated alkanes) is 1. The fraction of sp³-hybridized carbons (Fsp3) is 0.552. The van der Waals surface area contributed by atoms with Crippen molar-refractivity contribution in [1.82, 2.24) is 10.2 Å². The van der Waals surface area contributed by atoms with Crippen LogP contribution < -0.4 is 11.1 Å². The summed E-state index contributed by atoms with van der Waals surface area (Å²) in [5, 5.41) is 3.43. The molecule has 0 aromatic heterocycles. The van der Waals surface area contributed by atoms with Crippen molar-refractivity contribution >= 4 is 5.91 Å². The molecule has 5 nitrogen and oxygen atoms in total. The molecule has 11 heteroatoms. The molecule has 1 fully saturated rings. The lowest BCUT2D eigenvalue weighted by molar-refractivity contribution is -0.143. The van der Waals surface area contributed by atoms with Crippen molar-refractivity contribution in [2.24, 2.45) is 5.73 Å². The van der Waals surface area contributed by atoms with Crippen LogP contribution in [-0.2, 0) is 21.9 Å². The zero-order chi connectivity index (χ0) is 30.1. The lowest BCUT2D eigenvalue weighted by atomic mass is 9.83. The Kier molecular flexibility index (Phi) is 12.0. The van der Waals surface area contributed by atoms with E-state index < -0.39 is 41.0 Å². The van der Waals surface area contributed by atoms with Crippen LogP contribution in [0.3, 0.4) is 0 Å². The van der Waals surface area contributed by atoms with Gasteiger partial charge in [0.1, 0.15) is 0 Å². The number of likely N-dealkylation sites (N-methyl/N-ethyl adjacent to an activating group) is 1. The minimum absolute atomic E-state index is 0.0880. The molecule has 40 heavy (non-hydrogen) atoms. The number of nitrogens with zero attached hydrogens (tertiary/aromatic N) is 1. The lowest BCUT2D eigenvalue weighted by Crippen LogP contribution is -2.54. The van der Waals surface area contributed by atoms with E-state index in [1.165, 1.54) is 6.92 Å². The molecule has 0 saturated heterocycles. The number of rotatable bonds is 16. The second kappa shape index (κ2) is 14.3. The van der Waals surface area contributed by atoms with Gasteiger partial charge in [-0.15, -0.1) is 0 Å². The molecular weight excluding hydrogens is 536 g/mol. The first kappa shape index (κ1) is 33.6. The Bertz CT molecular complexity index is 1030. The van der Waals surface area contributed by atoms with E-state index in [0.29, 0.717) is 36.6 Å². The molecule has 0 bridgehead atoms. The van der Waals surface area contributed by atoms with E-state index in [1.54, 1.807) is 30.2 Å². The molecule has 1 aliphatic carbocycles. The molecule has 0 heterocycles. The van der Waals surface area contributed by atoms with E-state index in [1.807, 2.05) is 13.0 Å². The molecule has 1 aromatic carbocycles. The van der Waals surface area contributed by atoms with Crippen LogP contribution in [-0.4, -0.2) is 49.1 Å². The molecule has 224 valence electrons. The van der Waals surface area contributed by atoms with Crippen LogP contribution in [0.2, 0.25) is 0 Å². The number of halogens is 6. The van der Waals surface area contributed by atoms with Gasteiger partial charge in [0.05, 0.1) is 35.9 Å². The quantitative estimate of drug-likeness (QED) is 0.133. The van der Waals surface area contributed by atoms with Crippen molar-refractivity contribution in [1.29, 1.82) is 0 Å². The topological polar surface area (TPSA) is 67.6 Å². The normalized spacial score (nSPS) is 17.1. The molecule has 1 saturated carbocycles. The van der Waals surface area contributed by atoms with Gasteiger partial charge in [0.15, 0.2) is 0 Å². The monoisotopic (exact) mass is 575 g/mol. The zero-order valence-corrected chi connectivity index (χ0v) is 23.2. The molecule has 2 rings (SSSR count). The molecule has 0 radical (unpaired) electrons. The predicted molar refractivity (Wildman–Crippen MR) is 143 cm³/mol. The number of amides is 1. The van der Waals surface area contributed by atoms with Crippen LogP contribution in [0, 0.1) is 0 Å². The first-order chi connectivity index (χ1) is 18.6. The van der Waals surface area contributed by atoms with Crippen molar-refractivity contribution in [3.63, 3.8) is 0 Å². The number of nitrogens with one attached hydrogen (secondary N) is 1. The summed E-state index contributed by atoms with van der Waals surface area (Å²) in [5.74, 6) is -0.603. The molecule has 1 amide bonds. The zero-order valence-electron chi connectivity index (χ0n) is 23.2. The first-order valence-corrected chi connectivity index (χ1v) is 13.2. The highest BCUT2D eigenvalue weighted by Crippen LogP contribution is 2.39. The number of hydrogen-bond acceptors (Lipinski definition) is 4. The van der Waals surface area contributed by atoms with Gasteiger partial charge in [-0.05, 0) is 88.9 Å². The minimum atomic E-state index is -4.97. The second-order valence-electron chi connectivity index (χ2n) is 10.2.